The van der Waals surface area contributed by atoms with Gasteiger partial charge in [-0.3, -0.25) is 14.5 Å². The maximum atomic E-state index is 10.3. The van der Waals surface area contributed by atoms with Crippen molar-refractivity contribution in [1.29, 1.82) is 0 Å². The van der Waals surface area contributed by atoms with Gasteiger partial charge in [0.15, 0.2) is 0 Å². The molecule has 0 saturated carbocycles. The number of halogens is 1. The summed E-state index contributed by atoms with van der Waals surface area (Å²) in [6.07, 6.45) is 0.850. The van der Waals surface area contributed by atoms with Gasteiger partial charge in [0.2, 0.25) is 0 Å². The van der Waals surface area contributed by atoms with E-state index in [1.54, 1.807) is 12.1 Å². The Labute approximate surface area is 84.4 Å². The van der Waals surface area contributed by atoms with Crippen LogP contribution in [0.4, 0.5) is 5.69 Å². The lowest BCUT2D eigenvalue weighted by Crippen LogP contribution is -2.03. The first-order valence-corrected chi connectivity index (χ1v) is 4.60. The molecule has 0 bridgehead atoms. The van der Waals surface area contributed by atoms with Crippen LogP contribution in [-0.4, -0.2) is 11.5 Å². The fourth-order valence-electron chi connectivity index (χ4n) is 0.976. The Morgan fingerprint density at radius 1 is 1.38 bits per heavy atom. The molecule has 0 aromatic heterocycles. The average molecular weight is 245 g/mol. The highest BCUT2D eigenvalue weighted by Gasteiger charge is 2.02. The van der Waals surface area contributed by atoms with Gasteiger partial charge >= 0.3 is 0 Å². The summed E-state index contributed by atoms with van der Waals surface area (Å²) in [4.78, 5) is 9.92. The Morgan fingerprint density at radius 2 is 2.00 bits per heavy atom. The van der Waals surface area contributed by atoms with Crippen LogP contribution in [0.2, 0.25) is 0 Å². The zero-order valence-corrected chi connectivity index (χ0v) is 8.45. The molecule has 0 amide bonds. The third-order valence-corrected chi connectivity index (χ3v) is 2.05. The van der Waals surface area contributed by atoms with Crippen LogP contribution < -0.4 is 4.34 Å². The van der Waals surface area contributed by atoms with E-state index in [2.05, 4.69) is 20.5 Å². The number of hydrogen-bond acceptors (Lipinski definition) is 3. The van der Waals surface area contributed by atoms with Crippen molar-refractivity contribution < 1.29 is 4.92 Å². The number of nitro benzene ring substituents is 1. The molecule has 5 heteroatoms. The quantitative estimate of drug-likeness (QED) is 0.501. The second-order valence-electron chi connectivity index (χ2n) is 2.56. The number of rotatable bonds is 4. The van der Waals surface area contributed by atoms with Crippen LogP contribution in [0.3, 0.4) is 0 Å². The van der Waals surface area contributed by atoms with E-state index < -0.39 is 4.92 Å². The Balaban J connectivity index is 2.64. The van der Waals surface area contributed by atoms with Crippen molar-refractivity contribution >= 4 is 21.8 Å². The van der Waals surface area contributed by atoms with Crippen LogP contribution in [0.1, 0.15) is 5.56 Å². The number of non-ortho nitro benzene ring substituents is 1. The van der Waals surface area contributed by atoms with Crippen molar-refractivity contribution in [2.24, 2.45) is 0 Å². The first kappa shape index (κ1) is 10.1. The van der Waals surface area contributed by atoms with Gasteiger partial charge < -0.3 is 0 Å². The molecule has 0 aliphatic heterocycles. The smallest absolute Gasteiger partial charge is 0.258 e. The fraction of sp³-hybridized carbons (Fsp3) is 0.250. The third kappa shape index (κ3) is 3.12. The van der Waals surface area contributed by atoms with Gasteiger partial charge in [-0.25, -0.2) is 0 Å². The first-order valence-electron chi connectivity index (χ1n) is 3.81. The SMILES string of the molecule is O=[N+]([O-])c1ccc(CCNBr)cc1. The lowest BCUT2D eigenvalue weighted by atomic mass is 10.1. The molecule has 0 heterocycles. The summed E-state index contributed by atoms with van der Waals surface area (Å²) in [6.45, 7) is 0.803. The van der Waals surface area contributed by atoms with Crippen LogP contribution in [0.5, 0.6) is 0 Å². The number of nitrogens with zero attached hydrogens (tertiary/aromatic N) is 1. The van der Waals surface area contributed by atoms with Crippen molar-refractivity contribution in [2.45, 2.75) is 6.42 Å². The van der Waals surface area contributed by atoms with Crippen molar-refractivity contribution in [1.82, 2.24) is 4.34 Å². The summed E-state index contributed by atoms with van der Waals surface area (Å²) in [6, 6.07) is 6.57. The van der Waals surface area contributed by atoms with Crippen molar-refractivity contribution in [3.63, 3.8) is 0 Å². The highest BCUT2D eigenvalue weighted by Crippen LogP contribution is 2.11. The van der Waals surface area contributed by atoms with E-state index in [4.69, 9.17) is 0 Å². The largest absolute Gasteiger partial charge is 0.269 e. The van der Waals surface area contributed by atoms with E-state index in [1.807, 2.05) is 0 Å². The van der Waals surface area contributed by atoms with Crippen LogP contribution >= 0.6 is 16.1 Å². The first-order chi connectivity index (χ1) is 6.24. The monoisotopic (exact) mass is 244 g/mol. The highest BCUT2D eigenvalue weighted by atomic mass is 79.9. The molecule has 70 valence electrons. The van der Waals surface area contributed by atoms with Crippen molar-refractivity contribution in [3.8, 4) is 0 Å². The Bertz CT molecular complexity index is 287. The van der Waals surface area contributed by atoms with Gasteiger partial charge in [0.1, 0.15) is 0 Å². The molecule has 4 nitrogen and oxygen atoms in total. The number of benzene rings is 1. The molecule has 0 unspecified atom stereocenters. The lowest BCUT2D eigenvalue weighted by Gasteiger charge is -1.98. The molecule has 0 atom stereocenters. The normalized spacial score (nSPS) is 9.92. The minimum atomic E-state index is -0.396. The van der Waals surface area contributed by atoms with Crippen molar-refractivity contribution in [2.75, 3.05) is 6.54 Å². The van der Waals surface area contributed by atoms with E-state index in [-0.39, 0.29) is 5.69 Å². The Morgan fingerprint density at radius 3 is 2.46 bits per heavy atom. The predicted octanol–water partition coefficient (Wildman–Crippen LogP) is 2.04. The predicted molar refractivity (Wildman–Crippen MR) is 53.7 cm³/mol. The van der Waals surface area contributed by atoms with Gasteiger partial charge in [-0.1, -0.05) is 12.1 Å². The topological polar surface area (TPSA) is 55.2 Å². The number of nitro groups is 1. The summed E-state index contributed by atoms with van der Waals surface area (Å²) < 4.78 is 2.83. The molecule has 1 rings (SSSR count). The van der Waals surface area contributed by atoms with E-state index in [9.17, 15) is 10.1 Å². The summed E-state index contributed by atoms with van der Waals surface area (Å²) in [5.74, 6) is 0. The maximum absolute atomic E-state index is 10.3. The van der Waals surface area contributed by atoms with Gasteiger partial charge in [0.05, 0.1) is 4.92 Å². The zero-order valence-electron chi connectivity index (χ0n) is 6.87. The second kappa shape index (κ2) is 4.94. The molecule has 0 aliphatic rings. The van der Waals surface area contributed by atoms with Gasteiger partial charge in [0.25, 0.3) is 5.69 Å². The molecule has 0 radical (unpaired) electrons. The maximum Gasteiger partial charge on any atom is 0.269 e. The molecule has 0 fully saturated rings. The molecular formula is C8H9BrN2O2. The van der Waals surface area contributed by atoms with Crippen molar-refractivity contribution in [3.05, 3.63) is 39.9 Å². The van der Waals surface area contributed by atoms with E-state index in [1.165, 1.54) is 12.1 Å². The van der Waals surface area contributed by atoms with Crippen LogP contribution in [0, 0.1) is 10.1 Å². The third-order valence-electron chi connectivity index (χ3n) is 1.66. The minimum Gasteiger partial charge on any atom is -0.258 e. The van der Waals surface area contributed by atoms with E-state index >= 15 is 0 Å². The molecule has 1 aromatic rings. The minimum absolute atomic E-state index is 0.135. The van der Waals surface area contributed by atoms with Gasteiger partial charge in [-0.2, -0.15) is 0 Å². The molecule has 1 N–H and O–H groups in total. The molecule has 0 saturated heterocycles. The molecule has 13 heavy (non-hydrogen) atoms. The number of hydrogen-bond donors (Lipinski definition) is 1. The molecule has 0 aliphatic carbocycles. The Kier molecular flexibility index (Phi) is 3.85. The van der Waals surface area contributed by atoms with Gasteiger partial charge in [0, 0.05) is 34.8 Å². The summed E-state index contributed by atoms with van der Waals surface area (Å²) in [5, 5.41) is 10.3. The van der Waals surface area contributed by atoms with E-state index in [0.717, 1.165) is 18.5 Å². The average Bonchev–Trinajstić information content (AvgIpc) is 2.15. The summed E-state index contributed by atoms with van der Waals surface area (Å²) in [7, 11) is 0. The lowest BCUT2D eigenvalue weighted by molar-refractivity contribution is -0.384. The summed E-state index contributed by atoms with van der Waals surface area (Å²) >= 11 is 3.09. The molecular weight excluding hydrogens is 236 g/mol. The van der Waals surface area contributed by atoms with Crippen LogP contribution in [0.25, 0.3) is 0 Å². The van der Waals surface area contributed by atoms with Gasteiger partial charge in [-0.05, 0) is 12.0 Å². The second-order valence-corrected chi connectivity index (χ2v) is 3.12. The standard InChI is InChI=1S/C8H9BrN2O2/c9-10-6-5-7-1-3-8(4-2-7)11(12)13/h1-4,10H,5-6H2. The molecule has 0 spiro atoms. The molecule has 1 aromatic carbocycles. The van der Waals surface area contributed by atoms with Crippen LogP contribution in [-0.2, 0) is 6.42 Å². The van der Waals surface area contributed by atoms with Gasteiger partial charge in [-0.15, -0.1) is 0 Å². The fourth-order valence-corrected chi connectivity index (χ4v) is 1.17. The van der Waals surface area contributed by atoms with E-state index in [0.29, 0.717) is 0 Å². The zero-order chi connectivity index (χ0) is 9.68. The Hall–Kier alpha value is -0.940. The summed E-state index contributed by atoms with van der Waals surface area (Å²) in [5.41, 5.74) is 1.22. The van der Waals surface area contributed by atoms with Crippen LogP contribution in [0.15, 0.2) is 24.3 Å². The number of nitrogens with one attached hydrogen (secondary N) is 1. The highest BCUT2D eigenvalue weighted by molar-refractivity contribution is 9.08.